The summed E-state index contributed by atoms with van der Waals surface area (Å²) in [5.41, 5.74) is 11.4. The number of para-hydroxylation sites is 1. The maximum Gasteiger partial charge on any atom is 0.160 e. The summed E-state index contributed by atoms with van der Waals surface area (Å²) in [6.07, 6.45) is 0. The van der Waals surface area contributed by atoms with Crippen LogP contribution in [0.4, 0.5) is 0 Å². The molecule has 0 aliphatic heterocycles. The molecule has 0 aliphatic rings. The first kappa shape index (κ1) is 31.2. The maximum atomic E-state index is 6.16. The van der Waals surface area contributed by atoms with Crippen LogP contribution in [0.1, 0.15) is 0 Å². The second-order valence-corrected chi connectivity index (χ2v) is 14.1. The lowest BCUT2D eigenvalue weighted by atomic mass is 9.89. The molecule has 2 heterocycles. The fourth-order valence-corrected chi connectivity index (χ4v) is 8.22. The molecule has 0 unspecified atom stereocenters. The second kappa shape index (κ2) is 12.6. The number of benzene rings is 9. The van der Waals surface area contributed by atoms with Gasteiger partial charge in [-0.3, -0.25) is 0 Å². The summed E-state index contributed by atoms with van der Waals surface area (Å²) in [5.74, 6) is 0.701. The van der Waals surface area contributed by atoms with Crippen molar-refractivity contribution < 1.29 is 4.42 Å². The van der Waals surface area contributed by atoms with E-state index < -0.39 is 0 Å². The van der Waals surface area contributed by atoms with Crippen molar-refractivity contribution in [1.82, 2.24) is 9.97 Å². The number of nitrogens with zero attached hydrogens (tertiary/aromatic N) is 2. The van der Waals surface area contributed by atoms with Gasteiger partial charge in [0, 0.05) is 27.5 Å². The Bertz CT molecular complexity index is 3240. The number of fused-ring (bicyclic) bond motifs is 9. The lowest BCUT2D eigenvalue weighted by Crippen LogP contribution is -1.97. The van der Waals surface area contributed by atoms with E-state index in [2.05, 4.69) is 158 Å². The summed E-state index contributed by atoms with van der Waals surface area (Å²) < 4.78 is 6.16. The van der Waals surface area contributed by atoms with E-state index in [1.165, 1.54) is 43.4 Å². The highest BCUT2D eigenvalue weighted by molar-refractivity contribution is 6.28. The van der Waals surface area contributed by atoms with Crippen LogP contribution in [0.3, 0.4) is 0 Å². The third-order valence-electron chi connectivity index (χ3n) is 10.9. The third-order valence-corrected chi connectivity index (χ3v) is 10.9. The average Bonchev–Trinajstić information content (AvgIpc) is 3.65. The van der Waals surface area contributed by atoms with Crippen molar-refractivity contribution in [2.24, 2.45) is 0 Å². The van der Waals surface area contributed by atoms with E-state index in [0.717, 1.165) is 61.1 Å². The SMILES string of the molecule is c1ccc(-c2ccc(-c3cc(-c4cccc5c6ccccc6c6cc(-c7ccc8oc9ccccc9c8c7)ccc6c45)nc(-c4ccccc4)n3)cc2)cc1. The van der Waals surface area contributed by atoms with E-state index in [1.807, 2.05) is 36.4 Å². The van der Waals surface area contributed by atoms with Gasteiger partial charge in [-0.05, 0) is 84.9 Å². The third kappa shape index (κ3) is 5.28. The van der Waals surface area contributed by atoms with Gasteiger partial charge in [0.05, 0.1) is 11.4 Å². The van der Waals surface area contributed by atoms with Crippen molar-refractivity contribution in [2.45, 2.75) is 0 Å². The fourth-order valence-electron chi connectivity index (χ4n) is 8.22. The minimum absolute atomic E-state index is 0.701. The highest BCUT2D eigenvalue weighted by atomic mass is 16.3. The van der Waals surface area contributed by atoms with Crippen LogP contribution in [0.25, 0.3) is 110 Å². The zero-order valence-corrected chi connectivity index (χ0v) is 29.8. The quantitative estimate of drug-likeness (QED) is 0.168. The number of hydrogen-bond acceptors (Lipinski definition) is 3. The lowest BCUT2D eigenvalue weighted by Gasteiger charge is -2.16. The molecule has 0 atom stereocenters. The van der Waals surface area contributed by atoms with Gasteiger partial charge >= 0.3 is 0 Å². The summed E-state index contributed by atoms with van der Waals surface area (Å²) in [5, 5.41) is 9.49. The molecule has 9 aromatic carbocycles. The molecule has 0 saturated heterocycles. The van der Waals surface area contributed by atoms with Crippen LogP contribution in [-0.2, 0) is 0 Å². The fraction of sp³-hybridized carbons (Fsp3) is 0. The van der Waals surface area contributed by atoms with Crippen LogP contribution < -0.4 is 0 Å². The Morgan fingerprint density at radius 2 is 0.818 bits per heavy atom. The Morgan fingerprint density at radius 1 is 0.291 bits per heavy atom. The van der Waals surface area contributed by atoms with Gasteiger partial charge in [-0.1, -0.05) is 164 Å². The summed E-state index contributed by atoms with van der Waals surface area (Å²) in [4.78, 5) is 10.5. The smallest absolute Gasteiger partial charge is 0.160 e. The molecule has 0 aliphatic carbocycles. The Labute approximate surface area is 317 Å². The normalized spacial score (nSPS) is 11.6. The molecule has 0 radical (unpaired) electrons. The minimum atomic E-state index is 0.701. The van der Waals surface area contributed by atoms with Gasteiger partial charge in [0.15, 0.2) is 5.82 Å². The van der Waals surface area contributed by atoms with Crippen LogP contribution in [0.2, 0.25) is 0 Å². The average molecular weight is 701 g/mol. The summed E-state index contributed by atoms with van der Waals surface area (Å²) >= 11 is 0. The van der Waals surface area contributed by atoms with E-state index in [4.69, 9.17) is 14.4 Å². The van der Waals surface area contributed by atoms with Gasteiger partial charge in [-0.15, -0.1) is 0 Å². The predicted molar refractivity (Wildman–Crippen MR) is 229 cm³/mol. The molecule has 11 rings (SSSR count). The van der Waals surface area contributed by atoms with E-state index in [1.54, 1.807) is 0 Å². The Kier molecular flexibility index (Phi) is 7.17. The first-order valence-corrected chi connectivity index (χ1v) is 18.6. The maximum absolute atomic E-state index is 6.16. The van der Waals surface area contributed by atoms with E-state index >= 15 is 0 Å². The zero-order chi connectivity index (χ0) is 36.3. The molecule has 0 fully saturated rings. The van der Waals surface area contributed by atoms with Crippen molar-refractivity contribution in [1.29, 1.82) is 0 Å². The van der Waals surface area contributed by atoms with Crippen LogP contribution in [0.5, 0.6) is 0 Å². The van der Waals surface area contributed by atoms with Crippen molar-refractivity contribution in [3.8, 4) is 56.2 Å². The van der Waals surface area contributed by atoms with Gasteiger partial charge in [0.2, 0.25) is 0 Å². The van der Waals surface area contributed by atoms with Crippen LogP contribution in [-0.4, -0.2) is 9.97 Å². The Balaban J connectivity index is 1.13. The lowest BCUT2D eigenvalue weighted by molar-refractivity contribution is 0.669. The molecule has 0 bridgehead atoms. The molecule has 2 aromatic heterocycles. The van der Waals surface area contributed by atoms with Gasteiger partial charge in [0.1, 0.15) is 11.2 Å². The van der Waals surface area contributed by atoms with Crippen molar-refractivity contribution in [2.75, 3.05) is 0 Å². The molecule has 55 heavy (non-hydrogen) atoms. The van der Waals surface area contributed by atoms with E-state index in [0.29, 0.717) is 5.82 Å². The van der Waals surface area contributed by atoms with Gasteiger partial charge in [-0.2, -0.15) is 0 Å². The highest BCUT2D eigenvalue weighted by Crippen LogP contribution is 2.42. The van der Waals surface area contributed by atoms with Crippen LogP contribution in [0, 0.1) is 0 Å². The van der Waals surface area contributed by atoms with Crippen molar-refractivity contribution in [3.05, 3.63) is 194 Å². The zero-order valence-electron chi connectivity index (χ0n) is 29.8. The van der Waals surface area contributed by atoms with Gasteiger partial charge in [-0.25, -0.2) is 9.97 Å². The molecule has 3 heteroatoms. The molecule has 0 amide bonds. The van der Waals surface area contributed by atoms with Crippen LogP contribution >= 0.6 is 0 Å². The van der Waals surface area contributed by atoms with Crippen molar-refractivity contribution >= 4 is 54.3 Å². The Morgan fingerprint density at radius 3 is 1.60 bits per heavy atom. The molecular weight excluding hydrogens is 669 g/mol. The number of hydrogen-bond donors (Lipinski definition) is 0. The number of furan rings is 1. The number of aromatic nitrogens is 2. The Hall–Kier alpha value is -7.36. The molecule has 0 saturated carbocycles. The predicted octanol–water partition coefficient (Wildman–Crippen LogP) is 14.2. The first-order chi connectivity index (χ1) is 27.2. The summed E-state index contributed by atoms with van der Waals surface area (Å²) in [6.45, 7) is 0. The molecule has 3 nitrogen and oxygen atoms in total. The standard InChI is InChI=1S/C52H32N2O/c1-3-12-33(13-4-1)34-22-24-35(25-23-34)47-32-48(54-52(53-47)36-14-5-2-6-15-36)44-20-11-19-42-39-16-7-8-17-40(39)45-30-37(26-28-43(45)51(42)44)38-27-29-50-46(31-38)41-18-9-10-21-49(41)55-50/h1-32H. The van der Waals surface area contributed by atoms with Crippen LogP contribution in [0.15, 0.2) is 199 Å². The first-order valence-electron chi connectivity index (χ1n) is 18.6. The van der Waals surface area contributed by atoms with E-state index in [-0.39, 0.29) is 0 Å². The highest BCUT2D eigenvalue weighted by Gasteiger charge is 2.18. The summed E-state index contributed by atoms with van der Waals surface area (Å²) in [6, 6.07) is 68.7. The minimum Gasteiger partial charge on any atom is -0.456 e. The van der Waals surface area contributed by atoms with Crippen molar-refractivity contribution in [3.63, 3.8) is 0 Å². The summed E-state index contributed by atoms with van der Waals surface area (Å²) in [7, 11) is 0. The molecule has 0 N–H and O–H groups in total. The monoisotopic (exact) mass is 700 g/mol. The molecule has 256 valence electrons. The topological polar surface area (TPSA) is 38.9 Å². The van der Waals surface area contributed by atoms with Gasteiger partial charge in [0.25, 0.3) is 0 Å². The number of rotatable bonds is 5. The van der Waals surface area contributed by atoms with Gasteiger partial charge < -0.3 is 4.42 Å². The molecule has 11 aromatic rings. The second-order valence-electron chi connectivity index (χ2n) is 14.1. The van der Waals surface area contributed by atoms with E-state index in [9.17, 15) is 0 Å². The largest absolute Gasteiger partial charge is 0.456 e. The molecular formula is C52H32N2O. The molecule has 0 spiro atoms.